The Bertz CT molecular complexity index is 505. The molecule has 1 aliphatic rings. The third-order valence-corrected chi connectivity index (χ3v) is 4.94. The first-order valence-corrected chi connectivity index (χ1v) is 8.45. The molecule has 1 fully saturated rings. The van der Waals surface area contributed by atoms with Crippen molar-refractivity contribution in [1.29, 1.82) is 0 Å². The summed E-state index contributed by atoms with van der Waals surface area (Å²) in [5.74, 6) is 2.06. The van der Waals surface area contributed by atoms with Crippen LogP contribution < -0.4 is 10.1 Å². The van der Waals surface area contributed by atoms with Crippen LogP contribution in [0.3, 0.4) is 0 Å². The molecular formula is C15H19Br2NO2. The number of carbonyl (C=O) groups excluding carboxylic acids is 1. The quantitative estimate of drug-likeness (QED) is 0.769. The molecule has 1 N–H and O–H groups in total. The van der Waals surface area contributed by atoms with Crippen molar-refractivity contribution in [2.75, 3.05) is 13.7 Å². The molecule has 2 atom stereocenters. The topological polar surface area (TPSA) is 38.3 Å². The van der Waals surface area contributed by atoms with Gasteiger partial charge in [0.25, 0.3) is 0 Å². The highest BCUT2D eigenvalue weighted by Crippen LogP contribution is 2.50. The van der Waals surface area contributed by atoms with Gasteiger partial charge in [-0.15, -0.1) is 0 Å². The Kier molecular flexibility index (Phi) is 5.49. The molecule has 0 unspecified atom stereocenters. The van der Waals surface area contributed by atoms with Crippen LogP contribution in [-0.2, 0) is 4.79 Å². The van der Waals surface area contributed by atoms with Gasteiger partial charge in [0.15, 0.2) is 0 Å². The van der Waals surface area contributed by atoms with Crippen LogP contribution in [0.25, 0.3) is 0 Å². The van der Waals surface area contributed by atoms with Gasteiger partial charge in [-0.3, -0.25) is 4.79 Å². The summed E-state index contributed by atoms with van der Waals surface area (Å²) in [4.78, 5) is 11.5. The number of benzene rings is 1. The Morgan fingerprint density at radius 3 is 2.80 bits per heavy atom. The van der Waals surface area contributed by atoms with Crippen molar-refractivity contribution < 1.29 is 9.53 Å². The van der Waals surface area contributed by atoms with Gasteiger partial charge < -0.3 is 10.1 Å². The molecule has 1 amide bonds. The summed E-state index contributed by atoms with van der Waals surface area (Å²) in [5.41, 5.74) is 1.26. The number of amides is 1. The predicted molar refractivity (Wildman–Crippen MR) is 87.2 cm³/mol. The van der Waals surface area contributed by atoms with Gasteiger partial charge >= 0.3 is 0 Å². The molecule has 110 valence electrons. The summed E-state index contributed by atoms with van der Waals surface area (Å²) in [6, 6.07) is 4.10. The number of ether oxygens (including phenoxy) is 1. The van der Waals surface area contributed by atoms with Gasteiger partial charge in [-0.25, -0.2) is 0 Å². The normalized spacial score (nSPS) is 20.6. The molecule has 5 heteroatoms. The first-order chi connectivity index (χ1) is 9.56. The van der Waals surface area contributed by atoms with E-state index in [1.54, 1.807) is 7.11 Å². The van der Waals surface area contributed by atoms with Crippen molar-refractivity contribution in [3.63, 3.8) is 0 Å². The van der Waals surface area contributed by atoms with Gasteiger partial charge in [0.05, 0.1) is 11.6 Å². The molecule has 1 aliphatic carbocycles. The van der Waals surface area contributed by atoms with Gasteiger partial charge in [0.2, 0.25) is 5.91 Å². The minimum absolute atomic E-state index is 0.158. The summed E-state index contributed by atoms with van der Waals surface area (Å²) in [6.45, 7) is 2.79. The van der Waals surface area contributed by atoms with E-state index < -0.39 is 0 Å². The van der Waals surface area contributed by atoms with Crippen molar-refractivity contribution >= 4 is 37.8 Å². The van der Waals surface area contributed by atoms with Crippen molar-refractivity contribution in [1.82, 2.24) is 5.32 Å². The number of rotatable bonds is 6. The van der Waals surface area contributed by atoms with E-state index in [0.29, 0.717) is 18.3 Å². The molecule has 1 aromatic rings. The fourth-order valence-corrected chi connectivity index (χ4v) is 3.85. The largest absolute Gasteiger partial charge is 0.496 e. The molecule has 1 aromatic carbocycles. The Balaban J connectivity index is 1.96. The second-order valence-corrected chi connectivity index (χ2v) is 6.87. The fraction of sp³-hybridized carbons (Fsp3) is 0.533. The number of hydrogen-bond acceptors (Lipinski definition) is 2. The third kappa shape index (κ3) is 3.76. The fourth-order valence-electron chi connectivity index (χ4n) is 2.40. The van der Waals surface area contributed by atoms with E-state index in [2.05, 4.69) is 43.2 Å². The number of methoxy groups -OCH3 is 1. The second-order valence-electron chi connectivity index (χ2n) is 5.16. The molecule has 0 saturated heterocycles. The highest BCUT2D eigenvalue weighted by Gasteiger charge is 2.39. The standard InChI is InChI=1S/C15H19Br2NO2/c1-3-4-15(19)18-8-9-5-10(9)11-6-14(20-2)13(17)7-12(11)16/h6-7,9-10H,3-5,8H2,1-2H3,(H,18,19)/t9-,10+/m0/s1. The van der Waals surface area contributed by atoms with Crippen molar-refractivity contribution in [2.45, 2.75) is 32.1 Å². The lowest BCUT2D eigenvalue weighted by Gasteiger charge is -2.10. The minimum atomic E-state index is 0.158. The molecule has 0 aromatic heterocycles. The van der Waals surface area contributed by atoms with Crippen LogP contribution in [0.5, 0.6) is 5.75 Å². The smallest absolute Gasteiger partial charge is 0.219 e. The number of hydrogen-bond donors (Lipinski definition) is 1. The van der Waals surface area contributed by atoms with Gasteiger partial charge in [0, 0.05) is 17.4 Å². The summed E-state index contributed by atoms with van der Waals surface area (Å²) in [6.07, 6.45) is 2.64. The zero-order valence-electron chi connectivity index (χ0n) is 11.7. The summed E-state index contributed by atoms with van der Waals surface area (Å²) < 4.78 is 7.39. The van der Waals surface area contributed by atoms with E-state index in [-0.39, 0.29) is 5.91 Å². The van der Waals surface area contributed by atoms with E-state index >= 15 is 0 Å². The molecule has 0 heterocycles. The summed E-state index contributed by atoms with van der Waals surface area (Å²) in [7, 11) is 1.67. The zero-order chi connectivity index (χ0) is 14.7. The molecule has 2 rings (SSSR count). The lowest BCUT2D eigenvalue weighted by atomic mass is 10.1. The van der Waals surface area contributed by atoms with Crippen LogP contribution in [0.2, 0.25) is 0 Å². The van der Waals surface area contributed by atoms with Crippen LogP contribution in [-0.4, -0.2) is 19.6 Å². The predicted octanol–water partition coefficient (Wildman–Crippen LogP) is 4.24. The van der Waals surface area contributed by atoms with E-state index in [1.165, 1.54) is 5.56 Å². The van der Waals surface area contributed by atoms with E-state index in [0.717, 1.165) is 34.1 Å². The third-order valence-electron chi connectivity index (χ3n) is 3.63. The molecule has 0 radical (unpaired) electrons. The van der Waals surface area contributed by atoms with Gasteiger partial charge in [0.1, 0.15) is 5.75 Å². The van der Waals surface area contributed by atoms with Crippen LogP contribution >= 0.6 is 31.9 Å². The van der Waals surface area contributed by atoms with Crippen LogP contribution in [0, 0.1) is 5.92 Å². The Hall–Kier alpha value is -0.550. The molecule has 0 bridgehead atoms. The van der Waals surface area contributed by atoms with Gasteiger partial charge in [-0.2, -0.15) is 0 Å². The number of halogens is 2. The average Bonchev–Trinajstić information content (AvgIpc) is 3.16. The Morgan fingerprint density at radius 1 is 1.40 bits per heavy atom. The highest BCUT2D eigenvalue weighted by atomic mass is 79.9. The number of nitrogens with one attached hydrogen (secondary N) is 1. The summed E-state index contributed by atoms with van der Waals surface area (Å²) in [5, 5.41) is 3.01. The first kappa shape index (κ1) is 15.8. The van der Waals surface area contributed by atoms with Crippen molar-refractivity contribution in [3.8, 4) is 5.75 Å². The SMILES string of the molecule is CCCC(=O)NC[C@@H]1C[C@H]1c1cc(OC)c(Br)cc1Br. The molecular weight excluding hydrogens is 386 g/mol. The molecule has 3 nitrogen and oxygen atoms in total. The molecule has 20 heavy (non-hydrogen) atoms. The van der Waals surface area contributed by atoms with Crippen LogP contribution in [0.4, 0.5) is 0 Å². The maximum absolute atomic E-state index is 11.5. The molecule has 0 spiro atoms. The highest BCUT2D eigenvalue weighted by molar-refractivity contribution is 9.11. The van der Waals surface area contributed by atoms with E-state index in [1.807, 2.05) is 13.0 Å². The maximum atomic E-state index is 11.5. The van der Waals surface area contributed by atoms with Crippen LogP contribution in [0.15, 0.2) is 21.1 Å². The van der Waals surface area contributed by atoms with Gasteiger partial charge in [-0.05, 0) is 58.3 Å². The van der Waals surface area contributed by atoms with E-state index in [4.69, 9.17) is 4.74 Å². The van der Waals surface area contributed by atoms with Crippen molar-refractivity contribution in [2.24, 2.45) is 5.92 Å². The lowest BCUT2D eigenvalue weighted by molar-refractivity contribution is -0.121. The average molecular weight is 405 g/mol. The van der Waals surface area contributed by atoms with E-state index in [9.17, 15) is 4.79 Å². The number of carbonyl (C=O) groups is 1. The van der Waals surface area contributed by atoms with Crippen LogP contribution in [0.1, 0.15) is 37.7 Å². The Labute approximate surface area is 136 Å². The van der Waals surface area contributed by atoms with Gasteiger partial charge in [-0.1, -0.05) is 22.9 Å². The molecule has 0 aliphatic heterocycles. The minimum Gasteiger partial charge on any atom is -0.496 e. The zero-order valence-corrected chi connectivity index (χ0v) is 14.9. The maximum Gasteiger partial charge on any atom is 0.219 e. The molecule has 1 saturated carbocycles. The monoisotopic (exact) mass is 403 g/mol. The summed E-state index contributed by atoms with van der Waals surface area (Å²) >= 11 is 7.09. The first-order valence-electron chi connectivity index (χ1n) is 6.86. The lowest BCUT2D eigenvalue weighted by Crippen LogP contribution is -2.25. The Morgan fingerprint density at radius 2 is 2.15 bits per heavy atom. The second kappa shape index (κ2) is 6.94. The van der Waals surface area contributed by atoms with Crippen molar-refractivity contribution in [3.05, 3.63) is 26.6 Å².